The van der Waals surface area contributed by atoms with Gasteiger partial charge in [-0.1, -0.05) is 36.4 Å². The molecule has 0 atom stereocenters. The van der Waals surface area contributed by atoms with E-state index in [9.17, 15) is 10.1 Å². The van der Waals surface area contributed by atoms with Crippen LogP contribution in [0.3, 0.4) is 0 Å². The third kappa shape index (κ3) is 5.72. The van der Waals surface area contributed by atoms with E-state index in [0.717, 1.165) is 5.69 Å². The molecule has 35 heavy (non-hydrogen) atoms. The lowest BCUT2D eigenvalue weighted by atomic mass is 10.1. The number of ether oxygens (including phenoxy) is 2. The summed E-state index contributed by atoms with van der Waals surface area (Å²) in [5.74, 6) is 1.15. The number of benzene rings is 2. The molecule has 0 aliphatic heterocycles. The molecule has 2 N–H and O–H groups in total. The summed E-state index contributed by atoms with van der Waals surface area (Å²) in [4.78, 5) is 23.5. The maximum Gasteiger partial charge on any atom is 0.270 e. The number of anilines is 1. The summed E-state index contributed by atoms with van der Waals surface area (Å²) in [6, 6.07) is 20.1. The van der Waals surface area contributed by atoms with Crippen LogP contribution < -0.4 is 20.5 Å². The highest BCUT2D eigenvalue weighted by Gasteiger charge is 2.14. The van der Waals surface area contributed by atoms with Gasteiger partial charge in [0.2, 0.25) is 5.95 Å². The van der Waals surface area contributed by atoms with Gasteiger partial charge in [-0.05, 0) is 45.8 Å². The zero-order chi connectivity index (χ0) is 24.6. The Morgan fingerprint density at radius 2 is 2.00 bits per heavy atom. The molecule has 4 rings (SSSR count). The Kier molecular flexibility index (Phi) is 7.50. The summed E-state index contributed by atoms with van der Waals surface area (Å²) >= 11 is 3.51. The molecule has 10 heteroatoms. The second-order valence-corrected chi connectivity index (χ2v) is 7.98. The van der Waals surface area contributed by atoms with Crippen LogP contribution in [0.25, 0.3) is 11.3 Å². The molecule has 174 valence electrons. The van der Waals surface area contributed by atoms with Gasteiger partial charge in [0.05, 0.1) is 29.2 Å². The molecular formula is C25H19BrN6O3. The lowest BCUT2D eigenvalue weighted by Gasteiger charge is -2.13. The SMILES string of the molecule is COc1cc(C=NNc2nc(-c3ccccc3)c(C#N)c(=O)[nH]2)cc(Br)c1OCc1ccccn1. The molecule has 4 aromatic rings. The van der Waals surface area contributed by atoms with Crippen LogP contribution in [0.5, 0.6) is 11.5 Å². The Labute approximate surface area is 209 Å². The molecule has 2 aromatic carbocycles. The largest absolute Gasteiger partial charge is 0.493 e. The molecule has 0 bridgehead atoms. The number of halogens is 1. The van der Waals surface area contributed by atoms with Crippen LogP contribution in [0, 0.1) is 11.3 Å². The minimum atomic E-state index is -0.558. The highest BCUT2D eigenvalue weighted by atomic mass is 79.9. The van der Waals surface area contributed by atoms with Crippen molar-refractivity contribution in [2.75, 3.05) is 12.5 Å². The standard InChI is InChI=1S/C25H19BrN6O3/c1-34-21-12-16(11-20(26)23(21)35-15-18-9-5-6-10-28-18)14-29-32-25-30-22(17-7-3-2-4-8-17)19(13-27)24(33)31-25/h2-12,14H,15H2,1H3,(H2,30,31,32,33). The summed E-state index contributed by atoms with van der Waals surface area (Å²) in [5, 5.41) is 13.6. The number of H-pyrrole nitrogens is 1. The Morgan fingerprint density at radius 1 is 1.20 bits per heavy atom. The van der Waals surface area contributed by atoms with Gasteiger partial charge in [0, 0.05) is 11.8 Å². The highest BCUT2D eigenvalue weighted by Crippen LogP contribution is 2.36. The minimum absolute atomic E-state index is 0.0688. The van der Waals surface area contributed by atoms with Crippen LogP contribution in [0.15, 0.2) is 81.2 Å². The third-order valence-corrected chi connectivity index (χ3v) is 5.39. The van der Waals surface area contributed by atoms with Crippen molar-refractivity contribution in [2.24, 2.45) is 5.10 Å². The lowest BCUT2D eigenvalue weighted by molar-refractivity contribution is 0.279. The van der Waals surface area contributed by atoms with Crippen LogP contribution in [0.2, 0.25) is 0 Å². The van der Waals surface area contributed by atoms with Crippen LogP contribution in [0.4, 0.5) is 5.95 Å². The number of nitriles is 1. The van der Waals surface area contributed by atoms with Gasteiger partial charge in [0.1, 0.15) is 18.2 Å². The molecule has 0 aliphatic rings. The van der Waals surface area contributed by atoms with E-state index in [-0.39, 0.29) is 23.8 Å². The van der Waals surface area contributed by atoms with Gasteiger partial charge in [-0.3, -0.25) is 14.8 Å². The number of nitrogens with one attached hydrogen (secondary N) is 2. The van der Waals surface area contributed by atoms with Gasteiger partial charge < -0.3 is 9.47 Å². The molecule has 2 heterocycles. The van der Waals surface area contributed by atoms with Crippen molar-refractivity contribution in [3.63, 3.8) is 0 Å². The maximum atomic E-state index is 12.4. The van der Waals surface area contributed by atoms with Gasteiger partial charge in [0.15, 0.2) is 11.5 Å². The number of methoxy groups -OCH3 is 1. The van der Waals surface area contributed by atoms with Crippen molar-refractivity contribution in [3.05, 3.63) is 98.5 Å². The van der Waals surface area contributed by atoms with E-state index in [1.165, 1.54) is 6.21 Å². The van der Waals surface area contributed by atoms with Crippen LogP contribution in [0.1, 0.15) is 16.8 Å². The summed E-state index contributed by atoms with van der Waals surface area (Å²) in [6.45, 7) is 0.284. The van der Waals surface area contributed by atoms with Crippen molar-refractivity contribution in [2.45, 2.75) is 6.61 Å². The molecule has 0 aliphatic carbocycles. The molecule has 2 aromatic heterocycles. The molecule has 0 amide bonds. The molecule has 9 nitrogen and oxygen atoms in total. The summed E-state index contributed by atoms with van der Waals surface area (Å²) < 4.78 is 12.0. The zero-order valence-corrected chi connectivity index (χ0v) is 20.1. The average molecular weight is 531 g/mol. The maximum absolute atomic E-state index is 12.4. The van der Waals surface area contributed by atoms with Crippen LogP contribution in [-0.2, 0) is 6.61 Å². The smallest absolute Gasteiger partial charge is 0.270 e. The number of hydrazone groups is 1. The van der Waals surface area contributed by atoms with E-state index in [4.69, 9.17) is 9.47 Å². The van der Waals surface area contributed by atoms with Gasteiger partial charge in [-0.15, -0.1) is 0 Å². The minimum Gasteiger partial charge on any atom is -0.493 e. The van der Waals surface area contributed by atoms with Crippen molar-refractivity contribution < 1.29 is 9.47 Å². The van der Waals surface area contributed by atoms with E-state index in [0.29, 0.717) is 27.1 Å². The third-order valence-electron chi connectivity index (χ3n) is 4.80. The Hall–Kier alpha value is -4.49. The number of rotatable bonds is 8. The van der Waals surface area contributed by atoms with Crippen molar-refractivity contribution >= 4 is 28.1 Å². The van der Waals surface area contributed by atoms with Crippen molar-refractivity contribution in [1.82, 2.24) is 15.0 Å². The molecular weight excluding hydrogens is 512 g/mol. The van der Waals surface area contributed by atoms with Crippen molar-refractivity contribution in [1.29, 1.82) is 5.26 Å². The first-order chi connectivity index (χ1) is 17.1. The number of hydrogen-bond donors (Lipinski definition) is 2. The fourth-order valence-electron chi connectivity index (χ4n) is 3.19. The van der Waals surface area contributed by atoms with E-state index < -0.39 is 5.56 Å². The monoisotopic (exact) mass is 530 g/mol. The molecule has 0 radical (unpaired) electrons. The van der Waals surface area contributed by atoms with E-state index in [1.54, 1.807) is 43.6 Å². The number of aromatic nitrogens is 3. The second kappa shape index (κ2) is 11.1. The van der Waals surface area contributed by atoms with E-state index in [2.05, 4.69) is 41.4 Å². The quantitative estimate of drug-likeness (QED) is 0.253. The number of pyridine rings is 1. The lowest BCUT2D eigenvalue weighted by Crippen LogP contribution is -2.16. The van der Waals surface area contributed by atoms with Crippen LogP contribution in [-0.4, -0.2) is 28.3 Å². The first-order valence-corrected chi connectivity index (χ1v) is 11.2. The second-order valence-electron chi connectivity index (χ2n) is 7.13. The molecule has 0 unspecified atom stereocenters. The number of nitrogens with zero attached hydrogens (tertiary/aromatic N) is 4. The Balaban J connectivity index is 1.53. The summed E-state index contributed by atoms with van der Waals surface area (Å²) in [5.41, 5.74) is 4.49. The predicted molar refractivity (Wildman–Crippen MR) is 135 cm³/mol. The average Bonchev–Trinajstić information content (AvgIpc) is 2.88. The first-order valence-electron chi connectivity index (χ1n) is 10.4. The molecule has 0 spiro atoms. The Morgan fingerprint density at radius 3 is 2.71 bits per heavy atom. The number of hydrogen-bond acceptors (Lipinski definition) is 8. The summed E-state index contributed by atoms with van der Waals surface area (Å²) in [7, 11) is 1.55. The Bertz CT molecular complexity index is 1450. The van der Waals surface area contributed by atoms with E-state index in [1.807, 2.05) is 36.4 Å². The molecule has 0 saturated carbocycles. The van der Waals surface area contributed by atoms with Gasteiger partial charge in [0.25, 0.3) is 5.56 Å². The first kappa shape index (κ1) is 23.7. The highest BCUT2D eigenvalue weighted by molar-refractivity contribution is 9.10. The summed E-state index contributed by atoms with van der Waals surface area (Å²) in [6.07, 6.45) is 3.24. The predicted octanol–water partition coefficient (Wildman–Crippen LogP) is 4.50. The van der Waals surface area contributed by atoms with Gasteiger partial charge >= 0.3 is 0 Å². The number of aromatic amines is 1. The van der Waals surface area contributed by atoms with Gasteiger partial charge in [-0.25, -0.2) is 10.4 Å². The van der Waals surface area contributed by atoms with Gasteiger partial charge in [-0.2, -0.15) is 10.4 Å². The van der Waals surface area contributed by atoms with E-state index >= 15 is 0 Å². The fraction of sp³-hybridized carbons (Fsp3) is 0.0800. The normalized spacial score (nSPS) is 10.7. The zero-order valence-electron chi connectivity index (χ0n) is 18.5. The molecule has 0 saturated heterocycles. The molecule has 0 fully saturated rings. The van der Waals surface area contributed by atoms with Crippen molar-refractivity contribution in [3.8, 4) is 28.8 Å². The fourth-order valence-corrected chi connectivity index (χ4v) is 3.76. The topological polar surface area (TPSA) is 125 Å². The van der Waals surface area contributed by atoms with Crippen LogP contribution >= 0.6 is 15.9 Å².